The summed E-state index contributed by atoms with van der Waals surface area (Å²) in [6.07, 6.45) is 2.21. The maximum atomic E-state index is 12.7. The number of methoxy groups -OCH3 is 2. The molecule has 9 nitrogen and oxygen atoms in total. The number of nitrogens with zero attached hydrogens (tertiary/aromatic N) is 3. The third kappa shape index (κ3) is 4.14. The first-order valence-electron chi connectivity index (χ1n) is 10.9. The van der Waals surface area contributed by atoms with Gasteiger partial charge in [-0.15, -0.1) is 0 Å². The van der Waals surface area contributed by atoms with Gasteiger partial charge in [-0.25, -0.2) is 4.79 Å². The Morgan fingerprint density at radius 1 is 1.24 bits per heavy atom. The van der Waals surface area contributed by atoms with Gasteiger partial charge in [-0.1, -0.05) is 26.0 Å². The van der Waals surface area contributed by atoms with Crippen molar-refractivity contribution in [3.63, 3.8) is 0 Å². The van der Waals surface area contributed by atoms with Crippen molar-refractivity contribution in [3.8, 4) is 17.1 Å². The van der Waals surface area contributed by atoms with Crippen LogP contribution in [-0.4, -0.2) is 59.5 Å². The van der Waals surface area contributed by atoms with Crippen molar-refractivity contribution in [2.75, 3.05) is 34.0 Å². The van der Waals surface area contributed by atoms with Gasteiger partial charge in [0.25, 0.3) is 0 Å². The predicted octanol–water partition coefficient (Wildman–Crippen LogP) is 3.21. The highest BCUT2D eigenvalue weighted by Crippen LogP contribution is 2.43. The van der Waals surface area contributed by atoms with Crippen LogP contribution >= 0.6 is 0 Å². The van der Waals surface area contributed by atoms with E-state index in [4.69, 9.17) is 19.3 Å². The highest BCUT2D eigenvalue weighted by atomic mass is 16.5. The van der Waals surface area contributed by atoms with Gasteiger partial charge in [0, 0.05) is 50.3 Å². The van der Waals surface area contributed by atoms with E-state index in [1.165, 1.54) is 12.3 Å². The van der Waals surface area contributed by atoms with Crippen LogP contribution in [0.1, 0.15) is 36.7 Å². The topological polar surface area (TPSA) is 105 Å². The van der Waals surface area contributed by atoms with E-state index < -0.39 is 11.4 Å². The van der Waals surface area contributed by atoms with E-state index in [0.717, 1.165) is 17.5 Å². The summed E-state index contributed by atoms with van der Waals surface area (Å²) >= 11 is 0. The van der Waals surface area contributed by atoms with Gasteiger partial charge in [0.1, 0.15) is 16.8 Å². The van der Waals surface area contributed by atoms with Crippen LogP contribution in [0.4, 0.5) is 0 Å². The molecule has 0 bridgehead atoms. The molecule has 2 aromatic heterocycles. The van der Waals surface area contributed by atoms with E-state index in [1.807, 2.05) is 27.4 Å². The molecular weight excluding hydrogens is 426 g/mol. The van der Waals surface area contributed by atoms with Gasteiger partial charge < -0.3 is 23.9 Å². The fraction of sp³-hybridized carbons (Fsp3) is 0.458. The first kappa shape index (κ1) is 23.0. The standard InChI is InChI=1S/C24H29N3O6/c1-24(2,14-32-4)20-13-27-22(17-11-18(28)16(23(29)30)12-26(17)20)15-7-5-8-19(21(15)25-27)33-10-6-9-31-3/h5,7-8,11-12,20H,6,9-10,13-14H2,1-4H3,(H,29,30). The molecule has 1 aliphatic rings. The summed E-state index contributed by atoms with van der Waals surface area (Å²) in [7, 11) is 3.29. The van der Waals surface area contributed by atoms with Crippen LogP contribution in [0.2, 0.25) is 0 Å². The third-order valence-electron chi connectivity index (χ3n) is 6.14. The van der Waals surface area contributed by atoms with Crippen molar-refractivity contribution in [2.45, 2.75) is 32.9 Å². The van der Waals surface area contributed by atoms with Gasteiger partial charge in [0.2, 0.25) is 0 Å². The molecule has 1 aromatic carbocycles. The van der Waals surface area contributed by atoms with E-state index in [2.05, 4.69) is 13.8 Å². The number of aromatic carboxylic acids is 1. The summed E-state index contributed by atoms with van der Waals surface area (Å²) in [6.45, 7) is 6.17. The van der Waals surface area contributed by atoms with Crippen LogP contribution in [-0.2, 0) is 16.0 Å². The molecule has 1 N–H and O–H groups in total. The molecule has 3 aromatic rings. The smallest absolute Gasteiger partial charge is 0.341 e. The zero-order chi connectivity index (χ0) is 23.8. The Hall–Kier alpha value is -3.17. The normalized spacial score (nSPS) is 15.3. The Kier molecular flexibility index (Phi) is 6.27. The van der Waals surface area contributed by atoms with Gasteiger partial charge in [0.15, 0.2) is 5.43 Å². The van der Waals surface area contributed by atoms with Gasteiger partial charge in [-0.2, -0.15) is 5.10 Å². The monoisotopic (exact) mass is 455 g/mol. The zero-order valence-electron chi connectivity index (χ0n) is 19.3. The maximum Gasteiger partial charge on any atom is 0.341 e. The molecule has 1 atom stereocenters. The molecule has 1 aliphatic heterocycles. The van der Waals surface area contributed by atoms with Crippen molar-refractivity contribution < 1.29 is 24.1 Å². The number of aromatic nitrogens is 3. The second-order valence-corrected chi connectivity index (χ2v) is 8.96. The fourth-order valence-corrected chi connectivity index (χ4v) is 4.53. The molecule has 0 saturated heterocycles. The molecule has 0 spiro atoms. The lowest BCUT2D eigenvalue weighted by Gasteiger charge is -2.40. The molecule has 0 radical (unpaired) electrons. The average Bonchev–Trinajstić information content (AvgIpc) is 3.15. The number of pyridine rings is 1. The number of hydrogen-bond acceptors (Lipinski definition) is 6. The Morgan fingerprint density at radius 2 is 2.03 bits per heavy atom. The number of carbonyl (C=O) groups is 1. The summed E-state index contributed by atoms with van der Waals surface area (Å²) in [5.41, 5.74) is 0.957. The molecule has 33 heavy (non-hydrogen) atoms. The second kappa shape index (κ2) is 8.99. The minimum absolute atomic E-state index is 0.181. The van der Waals surface area contributed by atoms with Crippen LogP contribution in [0.3, 0.4) is 0 Å². The van der Waals surface area contributed by atoms with E-state index in [1.54, 1.807) is 14.2 Å². The minimum atomic E-state index is -1.24. The third-order valence-corrected chi connectivity index (χ3v) is 6.14. The number of benzene rings is 1. The van der Waals surface area contributed by atoms with Crippen LogP contribution in [0.15, 0.2) is 35.3 Å². The Bertz CT molecular complexity index is 1240. The first-order chi connectivity index (χ1) is 15.8. The molecule has 1 unspecified atom stereocenters. The lowest BCUT2D eigenvalue weighted by Crippen LogP contribution is -2.39. The SMILES string of the molecule is COCCCOc1cccc2c3n(nc12)CC(C(C)(C)COC)n1cc(C(=O)O)c(=O)cc1-3. The largest absolute Gasteiger partial charge is 0.491 e. The number of carboxylic acids is 1. The number of hydrogen-bond donors (Lipinski definition) is 1. The lowest BCUT2D eigenvalue weighted by atomic mass is 9.83. The molecule has 0 fully saturated rings. The van der Waals surface area contributed by atoms with Crippen LogP contribution in [0.5, 0.6) is 5.75 Å². The van der Waals surface area contributed by atoms with E-state index in [-0.39, 0.29) is 17.0 Å². The van der Waals surface area contributed by atoms with Crippen molar-refractivity contribution in [1.82, 2.24) is 14.3 Å². The number of rotatable bonds is 9. The highest BCUT2D eigenvalue weighted by Gasteiger charge is 2.38. The Balaban J connectivity index is 1.89. The summed E-state index contributed by atoms with van der Waals surface area (Å²) in [5.74, 6) is -0.580. The molecule has 3 heterocycles. The van der Waals surface area contributed by atoms with Gasteiger partial charge in [-0.3, -0.25) is 9.48 Å². The number of ether oxygens (including phenoxy) is 3. The van der Waals surface area contributed by atoms with Crippen molar-refractivity contribution >= 4 is 16.9 Å². The summed E-state index contributed by atoms with van der Waals surface area (Å²) < 4.78 is 20.3. The minimum Gasteiger partial charge on any atom is -0.491 e. The molecule has 0 saturated carbocycles. The maximum absolute atomic E-state index is 12.7. The van der Waals surface area contributed by atoms with Crippen LogP contribution in [0, 0.1) is 5.41 Å². The Labute approximate surface area is 191 Å². The summed E-state index contributed by atoms with van der Waals surface area (Å²) in [5, 5.41) is 15.3. The van der Waals surface area contributed by atoms with E-state index >= 15 is 0 Å². The van der Waals surface area contributed by atoms with Gasteiger partial charge in [0.05, 0.1) is 37.2 Å². The quantitative estimate of drug-likeness (QED) is 0.494. The van der Waals surface area contributed by atoms with E-state index in [9.17, 15) is 14.7 Å². The molecule has 9 heteroatoms. The molecular formula is C24H29N3O6. The van der Waals surface area contributed by atoms with Crippen LogP contribution < -0.4 is 10.2 Å². The first-order valence-corrected chi connectivity index (χ1v) is 10.9. The van der Waals surface area contributed by atoms with Crippen molar-refractivity contribution in [1.29, 1.82) is 0 Å². The average molecular weight is 456 g/mol. The Morgan fingerprint density at radius 3 is 2.73 bits per heavy atom. The molecule has 176 valence electrons. The zero-order valence-corrected chi connectivity index (χ0v) is 19.3. The second-order valence-electron chi connectivity index (χ2n) is 8.96. The van der Waals surface area contributed by atoms with Crippen molar-refractivity contribution in [3.05, 3.63) is 46.2 Å². The molecule has 0 amide bonds. The van der Waals surface area contributed by atoms with Crippen molar-refractivity contribution in [2.24, 2.45) is 5.41 Å². The molecule has 4 rings (SSSR count). The fourth-order valence-electron chi connectivity index (χ4n) is 4.53. The van der Waals surface area contributed by atoms with Gasteiger partial charge >= 0.3 is 5.97 Å². The highest BCUT2D eigenvalue weighted by molar-refractivity contribution is 5.96. The van der Waals surface area contributed by atoms with Crippen LogP contribution in [0.25, 0.3) is 22.3 Å². The lowest BCUT2D eigenvalue weighted by molar-refractivity contribution is 0.0530. The summed E-state index contributed by atoms with van der Waals surface area (Å²) in [4.78, 5) is 24.4. The van der Waals surface area contributed by atoms with E-state index in [0.29, 0.717) is 43.3 Å². The van der Waals surface area contributed by atoms with Gasteiger partial charge in [-0.05, 0) is 6.07 Å². The summed E-state index contributed by atoms with van der Waals surface area (Å²) in [6, 6.07) is 6.93. The predicted molar refractivity (Wildman–Crippen MR) is 123 cm³/mol. The molecule has 0 aliphatic carbocycles. The number of carboxylic acid groups (broad SMARTS) is 1. The number of fused-ring (bicyclic) bond motifs is 5.